The maximum Gasteiger partial charge on any atom is 0.304 e. The van der Waals surface area contributed by atoms with Crippen LogP contribution in [0.4, 0.5) is 10.1 Å². The first-order valence-corrected chi connectivity index (χ1v) is 7.77. The number of hydrogen-bond acceptors (Lipinski definition) is 5. The third-order valence-corrected chi connectivity index (χ3v) is 3.16. The van der Waals surface area contributed by atoms with Crippen molar-refractivity contribution in [2.24, 2.45) is 0 Å². The van der Waals surface area contributed by atoms with Crippen LogP contribution in [0.2, 0.25) is 0 Å². The molecule has 0 radical (unpaired) electrons. The molecule has 1 aromatic rings. The predicted molar refractivity (Wildman–Crippen MR) is 72.2 cm³/mol. The number of nitro groups is 1. The van der Waals surface area contributed by atoms with Crippen molar-refractivity contribution in [3.05, 3.63) is 39.7 Å². The number of nitrogens with one attached hydrogen (secondary N) is 2. The fourth-order valence-corrected chi connectivity index (χ4v) is 2.03. The molecular formula is C11H16FN3O4S. The molecule has 0 saturated heterocycles. The molecule has 0 bridgehead atoms. The van der Waals surface area contributed by atoms with E-state index in [0.29, 0.717) is 31.6 Å². The summed E-state index contributed by atoms with van der Waals surface area (Å²) in [5, 5.41) is 13.4. The van der Waals surface area contributed by atoms with E-state index in [-0.39, 0.29) is 0 Å². The zero-order valence-electron chi connectivity index (χ0n) is 10.9. The molecule has 0 amide bonds. The van der Waals surface area contributed by atoms with Gasteiger partial charge in [0.05, 0.1) is 11.2 Å². The van der Waals surface area contributed by atoms with E-state index in [1.807, 2.05) is 0 Å². The van der Waals surface area contributed by atoms with Crippen molar-refractivity contribution < 1.29 is 17.7 Å². The first-order chi connectivity index (χ1) is 9.29. The van der Waals surface area contributed by atoms with E-state index in [1.165, 1.54) is 6.07 Å². The third-order valence-electron chi connectivity index (χ3n) is 2.43. The topological polar surface area (TPSA) is 101 Å². The van der Waals surface area contributed by atoms with Crippen molar-refractivity contribution in [3.63, 3.8) is 0 Å². The van der Waals surface area contributed by atoms with Crippen LogP contribution in [0.15, 0.2) is 18.2 Å². The first kappa shape index (κ1) is 16.5. The Balaban J connectivity index is 2.33. The Bertz CT molecular complexity index is 577. The Morgan fingerprint density at radius 2 is 2.05 bits per heavy atom. The third kappa shape index (κ3) is 6.04. The summed E-state index contributed by atoms with van der Waals surface area (Å²) in [6, 6.07) is 3.71. The average molecular weight is 305 g/mol. The standard InChI is InChI=1S/C11H16FN3O4S/c1-20(18,19)14-6-2-5-13-8-9-3-4-11(15(16)17)10(12)7-9/h3-4,7,13-14H,2,5-6,8H2,1H3. The Kier molecular flexibility index (Phi) is 5.99. The van der Waals surface area contributed by atoms with Crippen LogP contribution >= 0.6 is 0 Å². The molecule has 9 heteroatoms. The molecule has 112 valence electrons. The summed E-state index contributed by atoms with van der Waals surface area (Å²) in [5.74, 6) is -0.868. The molecule has 0 unspecified atom stereocenters. The molecular weight excluding hydrogens is 289 g/mol. The van der Waals surface area contributed by atoms with E-state index in [9.17, 15) is 22.9 Å². The second-order valence-corrected chi connectivity index (χ2v) is 6.07. The lowest BCUT2D eigenvalue weighted by Gasteiger charge is -2.05. The van der Waals surface area contributed by atoms with Gasteiger partial charge >= 0.3 is 5.69 Å². The molecule has 0 aliphatic carbocycles. The highest BCUT2D eigenvalue weighted by Gasteiger charge is 2.13. The van der Waals surface area contributed by atoms with Crippen LogP contribution < -0.4 is 10.0 Å². The van der Waals surface area contributed by atoms with Crippen LogP contribution in [-0.4, -0.2) is 32.7 Å². The molecule has 1 rings (SSSR count). The van der Waals surface area contributed by atoms with Gasteiger partial charge in [0.1, 0.15) is 0 Å². The normalized spacial score (nSPS) is 11.5. The molecule has 0 heterocycles. The second kappa shape index (κ2) is 7.27. The van der Waals surface area contributed by atoms with Gasteiger partial charge in [-0.15, -0.1) is 0 Å². The molecule has 20 heavy (non-hydrogen) atoms. The van der Waals surface area contributed by atoms with Gasteiger partial charge in [-0.2, -0.15) is 4.39 Å². The van der Waals surface area contributed by atoms with E-state index in [2.05, 4.69) is 10.0 Å². The lowest BCUT2D eigenvalue weighted by atomic mass is 10.2. The van der Waals surface area contributed by atoms with Gasteiger partial charge in [-0.25, -0.2) is 13.1 Å². The monoisotopic (exact) mass is 305 g/mol. The molecule has 0 saturated carbocycles. The molecule has 0 aliphatic heterocycles. The summed E-state index contributed by atoms with van der Waals surface area (Å²) in [4.78, 5) is 9.67. The highest BCUT2D eigenvalue weighted by molar-refractivity contribution is 7.88. The summed E-state index contributed by atoms with van der Waals surface area (Å²) in [6.07, 6.45) is 1.67. The minimum absolute atomic E-state index is 0.320. The van der Waals surface area contributed by atoms with Crippen LogP contribution in [0.1, 0.15) is 12.0 Å². The Morgan fingerprint density at radius 3 is 2.60 bits per heavy atom. The van der Waals surface area contributed by atoms with Crippen molar-refractivity contribution in [1.82, 2.24) is 10.0 Å². The fourth-order valence-electron chi connectivity index (χ4n) is 1.51. The average Bonchev–Trinajstić information content (AvgIpc) is 2.32. The predicted octanol–water partition coefficient (Wildman–Crippen LogP) is 0.763. The molecule has 0 aliphatic rings. The molecule has 0 fully saturated rings. The van der Waals surface area contributed by atoms with Crippen molar-refractivity contribution in [2.75, 3.05) is 19.3 Å². The van der Waals surface area contributed by atoms with Crippen LogP contribution in [0.3, 0.4) is 0 Å². The highest BCUT2D eigenvalue weighted by Crippen LogP contribution is 2.17. The van der Waals surface area contributed by atoms with Gasteiger partial charge in [-0.3, -0.25) is 10.1 Å². The van der Waals surface area contributed by atoms with Crippen LogP contribution in [0.5, 0.6) is 0 Å². The van der Waals surface area contributed by atoms with Gasteiger partial charge in [0.25, 0.3) is 0 Å². The van der Waals surface area contributed by atoms with Crippen molar-refractivity contribution in [2.45, 2.75) is 13.0 Å². The highest BCUT2D eigenvalue weighted by atomic mass is 32.2. The van der Waals surface area contributed by atoms with Crippen molar-refractivity contribution >= 4 is 15.7 Å². The van der Waals surface area contributed by atoms with E-state index >= 15 is 0 Å². The van der Waals surface area contributed by atoms with E-state index in [4.69, 9.17) is 0 Å². The van der Waals surface area contributed by atoms with Crippen LogP contribution in [0, 0.1) is 15.9 Å². The number of nitro benzene ring substituents is 1. The summed E-state index contributed by atoms with van der Waals surface area (Å²) in [6.45, 7) is 1.22. The molecule has 2 N–H and O–H groups in total. The maximum atomic E-state index is 13.3. The number of nitrogens with zero attached hydrogens (tertiary/aromatic N) is 1. The summed E-state index contributed by atoms with van der Waals surface area (Å²) >= 11 is 0. The number of benzene rings is 1. The molecule has 7 nitrogen and oxygen atoms in total. The fraction of sp³-hybridized carbons (Fsp3) is 0.455. The van der Waals surface area contributed by atoms with Crippen LogP contribution in [-0.2, 0) is 16.6 Å². The lowest BCUT2D eigenvalue weighted by molar-refractivity contribution is -0.387. The SMILES string of the molecule is CS(=O)(=O)NCCCNCc1ccc([N+](=O)[O-])c(F)c1. The van der Waals surface area contributed by atoms with Gasteiger partial charge in [-0.05, 0) is 24.6 Å². The van der Waals surface area contributed by atoms with E-state index in [1.54, 1.807) is 0 Å². The van der Waals surface area contributed by atoms with Gasteiger partial charge in [-0.1, -0.05) is 6.07 Å². The van der Waals surface area contributed by atoms with Gasteiger partial charge in [0, 0.05) is 19.2 Å². The molecule has 0 spiro atoms. The van der Waals surface area contributed by atoms with Crippen molar-refractivity contribution in [1.29, 1.82) is 0 Å². The summed E-state index contributed by atoms with van der Waals surface area (Å²) < 4.78 is 37.2. The quantitative estimate of drug-likeness (QED) is 0.419. The van der Waals surface area contributed by atoms with Crippen molar-refractivity contribution in [3.8, 4) is 0 Å². The van der Waals surface area contributed by atoms with Gasteiger partial charge < -0.3 is 5.32 Å². The first-order valence-electron chi connectivity index (χ1n) is 5.88. The minimum Gasteiger partial charge on any atom is -0.313 e. The summed E-state index contributed by atoms with van der Waals surface area (Å²) in [5.41, 5.74) is 0.0373. The number of sulfonamides is 1. The van der Waals surface area contributed by atoms with Gasteiger partial charge in [0.15, 0.2) is 0 Å². The molecule has 0 atom stereocenters. The largest absolute Gasteiger partial charge is 0.313 e. The number of halogens is 1. The number of rotatable bonds is 8. The Hall–Kier alpha value is -1.58. The smallest absolute Gasteiger partial charge is 0.304 e. The van der Waals surface area contributed by atoms with E-state index in [0.717, 1.165) is 18.4 Å². The van der Waals surface area contributed by atoms with E-state index < -0.39 is 26.5 Å². The zero-order chi connectivity index (χ0) is 15.2. The zero-order valence-corrected chi connectivity index (χ0v) is 11.7. The molecule has 0 aromatic heterocycles. The Morgan fingerprint density at radius 1 is 1.35 bits per heavy atom. The number of hydrogen-bond donors (Lipinski definition) is 2. The van der Waals surface area contributed by atoms with Gasteiger partial charge in [0.2, 0.25) is 15.8 Å². The Labute approximate surface area is 116 Å². The maximum absolute atomic E-state index is 13.3. The second-order valence-electron chi connectivity index (χ2n) is 4.24. The lowest BCUT2D eigenvalue weighted by Crippen LogP contribution is -2.26. The minimum atomic E-state index is -3.17. The molecule has 1 aromatic carbocycles. The summed E-state index contributed by atoms with van der Waals surface area (Å²) in [7, 11) is -3.17. The van der Waals surface area contributed by atoms with Crippen LogP contribution in [0.25, 0.3) is 0 Å².